The summed E-state index contributed by atoms with van der Waals surface area (Å²) in [7, 11) is 1.78. The molecule has 104 valence electrons. The van der Waals surface area contributed by atoms with Gasteiger partial charge in [-0.2, -0.15) is 0 Å². The monoisotopic (exact) mass is 282 g/mol. The summed E-state index contributed by atoms with van der Waals surface area (Å²) in [5, 5.41) is 1.000. The van der Waals surface area contributed by atoms with Gasteiger partial charge in [0, 0.05) is 37.4 Å². The minimum Gasteiger partial charge on any atom is -0.346 e. The van der Waals surface area contributed by atoms with Gasteiger partial charge < -0.3 is 15.6 Å². The second-order valence-electron chi connectivity index (χ2n) is 4.48. The van der Waals surface area contributed by atoms with Crippen molar-refractivity contribution in [1.82, 2.24) is 14.9 Å². The molecule has 0 saturated heterocycles. The molecule has 6 heteroatoms. The number of nitrogens with one attached hydrogen (secondary N) is 1. The number of rotatable bonds is 4. The number of nitrogens with two attached hydrogens (primary N) is 1. The topological polar surface area (TPSA) is 75.0 Å². The number of hydrogen-bond acceptors (Lipinski definition) is 3. The number of pyridine rings is 1. The van der Waals surface area contributed by atoms with E-state index in [4.69, 9.17) is 5.73 Å². The molecule has 19 heavy (non-hydrogen) atoms. The van der Waals surface area contributed by atoms with Gasteiger partial charge in [0.1, 0.15) is 5.65 Å². The Labute approximate surface area is 118 Å². The highest BCUT2D eigenvalue weighted by Gasteiger charge is 2.16. The fourth-order valence-electron chi connectivity index (χ4n) is 1.85. The van der Waals surface area contributed by atoms with Crippen LogP contribution >= 0.6 is 12.4 Å². The maximum atomic E-state index is 12.1. The number of carbonyl (C=O) groups excluding carboxylic acids is 1. The molecule has 2 rings (SSSR count). The maximum absolute atomic E-state index is 12.1. The van der Waals surface area contributed by atoms with Gasteiger partial charge >= 0.3 is 0 Å². The van der Waals surface area contributed by atoms with Crippen LogP contribution in [0, 0.1) is 0 Å². The van der Waals surface area contributed by atoms with Gasteiger partial charge in [0.05, 0.1) is 6.42 Å². The standard InChI is InChI=1S/C13H18N4O.ClH/c1-9(7-14)17(2)12(18)6-10-8-16-13-11(10)4-3-5-15-13;/h3-5,8-9H,6-7,14H2,1-2H3,(H,15,16);1H. The maximum Gasteiger partial charge on any atom is 0.227 e. The van der Waals surface area contributed by atoms with E-state index in [-0.39, 0.29) is 24.4 Å². The average Bonchev–Trinajstić information content (AvgIpc) is 2.80. The largest absolute Gasteiger partial charge is 0.346 e. The second-order valence-corrected chi connectivity index (χ2v) is 4.48. The first-order valence-corrected chi connectivity index (χ1v) is 6.00. The van der Waals surface area contributed by atoms with Crippen LogP contribution in [0.25, 0.3) is 11.0 Å². The second kappa shape index (κ2) is 6.54. The Hall–Kier alpha value is -1.59. The zero-order chi connectivity index (χ0) is 13.1. The Bertz CT molecular complexity index is 554. The summed E-state index contributed by atoms with van der Waals surface area (Å²) in [5.41, 5.74) is 7.35. The van der Waals surface area contributed by atoms with Gasteiger partial charge in [0.15, 0.2) is 0 Å². The van der Waals surface area contributed by atoms with E-state index in [0.717, 1.165) is 16.6 Å². The number of halogens is 1. The van der Waals surface area contributed by atoms with E-state index in [1.165, 1.54) is 0 Å². The third-order valence-electron chi connectivity index (χ3n) is 3.27. The first-order valence-electron chi connectivity index (χ1n) is 6.00. The number of carbonyl (C=O) groups is 1. The normalized spacial score (nSPS) is 11.9. The number of nitrogens with zero attached hydrogens (tertiary/aromatic N) is 2. The number of H-pyrrole nitrogens is 1. The summed E-state index contributed by atoms with van der Waals surface area (Å²) in [5.74, 6) is 0.0673. The third-order valence-corrected chi connectivity index (χ3v) is 3.27. The molecule has 0 saturated carbocycles. The Kier molecular flexibility index (Phi) is 5.32. The van der Waals surface area contributed by atoms with Gasteiger partial charge in [-0.05, 0) is 24.6 Å². The van der Waals surface area contributed by atoms with Crippen LogP contribution < -0.4 is 5.73 Å². The lowest BCUT2D eigenvalue weighted by Crippen LogP contribution is -2.40. The van der Waals surface area contributed by atoms with Crippen LogP contribution in [0.3, 0.4) is 0 Å². The SMILES string of the molecule is CC(CN)N(C)C(=O)Cc1c[nH]c2ncccc12.Cl. The van der Waals surface area contributed by atoms with Gasteiger partial charge in [-0.3, -0.25) is 4.79 Å². The smallest absolute Gasteiger partial charge is 0.227 e. The lowest BCUT2D eigenvalue weighted by atomic mass is 10.1. The van der Waals surface area contributed by atoms with Crippen molar-refractivity contribution in [1.29, 1.82) is 0 Å². The molecule has 2 heterocycles. The van der Waals surface area contributed by atoms with E-state index in [1.807, 2.05) is 25.3 Å². The summed E-state index contributed by atoms with van der Waals surface area (Å²) in [6, 6.07) is 3.89. The van der Waals surface area contributed by atoms with E-state index >= 15 is 0 Å². The van der Waals surface area contributed by atoms with Gasteiger partial charge in [0.25, 0.3) is 0 Å². The molecule has 1 amide bonds. The molecule has 1 unspecified atom stereocenters. The molecular formula is C13H19ClN4O. The molecule has 0 fully saturated rings. The van der Waals surface area contributed by atoms with Crippen molar-refractivity contribution < 1.29 is 4.79 Å². The van der Waals surface area contributed by atoms with Gasteiger partial charge in [0.2, 0.25) is 5.91 Å². The summed E-state index contributed by atoms with van der Waals surface area (Å²) in [6.07, 6.45) is 3.94. The van der Waals surface area contributed by atoms with Crippen molar-refractivity contribution in [2.24, 2.45) is 5.73 Å². The molecule has 0 aromatic carbocycles. The van der Waals surface area contributed by atoms with Crippen molar-refractivity contribution in [3.05, 3.63) is 30.1 Å². The minimum atomic E-state index is 0. The molecule has 2 aromatic heterocycles. The van der Waals surface area contributed by atoms with E-state index in [1.54, 1.807) is 18.1 Å². The number of likely N-dealkylation sites (N-methyl/N-ethyl adjacent to an activating group) is 1. The van der Waals surface area contributed by atoms with Crippen LogP contribution in [0.5, 0.6) is 0 Å². The van der Waals surface area contributed by atoms with Crippen LogP contribution in [0.2, 0.25) is 0 Å². The number of aromatic nitrogens is 2. The van der Waals surface area contributed by atoms with Crippen LogP contribution in [0.1, 0.15) is 12.5 Å². The van der Waals surface area contributed by atoms with Crippen LogP contribution in [0.15, 0.2) is 24.5 Å². The van der Waals surface area contributed by atoms with Gasteiger partial charge in [-0.15, -0.1) is 12.4 Å². The van der Waals surface area contributed by atoms with E-state index in [2.05, 4.69) is 9.97 Å². The lowest BCUT2D eigenvalue weighted by molar-refractivity contribution is -0.130. The fraction of sp³-hybridized carbons (Fsp3) is 0.385. The highest BCUT2D eigenvalue weighted by Crippen LogP contribution is 2.16. The number of aromatic amines is 1. The minimum absolute atomic E-state index is 0. The van der Waals surface area contributed by atoms with Crippen molar-refractivity contribution >= 4 is 29.3 Å². The van der Waals surface area contributed by atoms with E-state index in [0.29, 0.717) is 13.0 Å². The van der Waals surface area contributed by atoms with Gasteiger partial charge in [-0.1, -0.05) is 0 Å². The summed E-state index contributed by atoms with van der Waals surface area (Å²) < 4.78 is 0. The van der Waals surface area contributed by atoms with Crippen LogP contribution in [-0.2, 0) is 11.2 Å². The highest BCUT2D eigenvalue weighted by atomic mass is 35.5. The Morgan fingerprint density at radius 1 is 1.58 bits per heavy atom. The molecule has 1 atom stereocenters. The predicted molar refractivity (Wildman–Crippen MR) is 78.3 cm³/mol. The lowest BCUT2D eigenvalue weighted by Gasteiger charge is -2.23. The Balaban J connectivity index is 0.00000180. The highest BCUT2D eigenvalue weighted by molar-refractivity contribution is 5.87. The van der Waals surface area contributed by atoms with Crippen LogP contribution in [-0.4, -0.2) is 40.4 Å². The molecule has 0 aliphatic rings. The molecule has 0 radical (unpaired) electrons. The summed E-state index contributed by atoms with van der Waals surface area (Å²) >= 11 is 0. The fourth-order valence-corrected chi connectivity index (χ4v) is 1.85. The van der Waals surface area contributed by atoms with E-state index in [9.17, 15) is 4.79 Å². The Morgan fingerprint density at radius 2 is 2.32 bits per heavy atom. The molecule has 0 bridgehead atoms. The average molecular weight is 283 g/mol. The van der Waals surface area contributed by atoms with Crippen LogP contribution in [0.4, 0.5) is 0 Å². The first kappa shape index (κ1) is 15.5. The zero-order valence-corrected chi connectivity index (χ0v) is 11.9. The number of hydrogen-bond donors (Lipinski definition) is 2. The molecule has 3 N–H and O–H groups in total. The molecule has 5 nitrogen and oxygen atoms in total. The van der Waals surface area contributed by atoms with Crippen molar-refractivity contribution in [3.63, 3.8) is 0 Å². The Morgan fingerprint density at radius 3 is 3.00 bits per heavy atom. The number of fused-ring (bicyclic) bond motifs is 1. The molecule has 0 aliphatic heterocycles. The summed E-state index contributed by atoms with van der Waals surface area (Å²) in [4.78, 5) is 21.1. The van der Waals surface area contributed by atoms with Crippen molar-refractivity contribution in [2.45, 2.75) is 19.4 Å². The quantitative estimate of drug-likeness (QED) is 0.888. The summed E-state index contributed by atoms with van der Waals surface area (Å²) in [6.45, 7) is 2.41. The molecular weight excluding hydrogens is 264 g/mol. The van der Waals surface area contributed by atoms with Gasteiger partial charge in [-0.25, -0.2) is 4.98 Å². The predicted octanol–water partition coefficient (Wildman–Crippen LogP) is 1.33. The first-order chi connectivity index (χ1) is 8.63. The molecule has 2 aromatic rings. The third kappa shape index (κ3) is 3.24. The van der Waals surface area contributed by atoms with E-state index < -0.39 is 0 Å². The molecule has 0 aliphatic carbocycles. The van der Waals surface area contributed by atoms with Crippen molar-refractivity contribution in [3.8, 4) is 0 Å². The molecule has 0 spiro atoms. The number of amides is 1. The van der Waals surface area contributed by atoms with Crippen molar-refractivity contribution in [2.75, 3.05) is 13.6 Å². The zero-order valence-electron chi connectivity index (χ0n) is 11.1.